The highest BCUT2D eigenvalue weighted by atomic mass is 35.5. The van der Waals surface area contributed by atoms with Crippen LogP contribution in [-0.2, 0) is 0 Å². The maximum Gasteiger partial charge on any atom is 0.164 e. The van der Waals surface area contributed by atoms with Gasteiger partial charge in [0.1, 0.15) is 10.9 Å². The average Bonchev–Trinajstić information content (AvgIpc) is 2.28. The van der Waals surface area contributed by atoms with Crippen molar-refractivity contribution in [2.45, 2.75) is 6.92 Å². The van der Waals surface area contributed by atoms with Gasteiger partial charge in [0.05, 0.1) is 12.7 Å². The van der Waals surface area contributed by atoms with Crippen molar-refractivity contribution in [2.75, 3.05) is 7.11 Å². The SMILES string of the molecule is COc1cc(C)ccc1-c1nccc(Cl)n1. The molecule has 0 aliphatic rings. The lowest BCUT2D eigenvalue weighted by atomic mass is 10.1. The van der Waals surface area contributed by atoms with Crippen molar-refractivity contribution in [2.24, 2.45) is 0 Å². The molecule has 0 fully saturated rings. The van der Waals surface area contributed by atoms with Gasteiger partial charge in [-0.3, -0.25) is 0 Å². The van der Waals surface area contributed by atoms with Crippen LogP contribution in [0.15, 0.2) is 30.5 Å². The van der Waals surface area contributed by atoms with Crippen molar-refractivity contribution in [3.8, 4) is 17.1 Å². The number of halogens is 1. The monoisotopic (exact) mass is 234 g/mol. The number of benzene rings is 1. The van der Waals surface area contributed by atoms with E-state index < -0.39 is 0 Å². The van der Waals surface area contributed by atoms with Crippen molar-refractivity contribution in [3.05, 3.63) is 41.2 Å². The number of hydrogen-bond acceptors (Lipinski definition) is 3. The molecule has 3 nitrogen and oxygen atoms in total. The average molecular weight is 235 g/mol. The summed E-state index contributed by atoms with van der Waals surface area (Å²) in [4.78, 5) is 8.33. The maximum absolute atomic E-state index is 5.83. The minimum Gasteiger partial charge on any atom is -0.496 e. The molecule has 0 atom stereocenters. The van der Waals surface area contributed by atoms with Gasteiger partial charge < -0.3 is 4.74 Å². The second-order valence-electron chi connectivity index (χ2n) is 3.41. The first-order chi connectivity index (χ1) is 7.70. The molecule has 0 spiro atoms. The van der Waals surface area contributed by atoms with Crippen LogP contribution in [-0.4, -0.2) is 17.1 Å². The second kappa shape index (κ2) is 4.49. The number of hydrogen-bond donors (Lipinski definition) is 0. The number of methoxy groups -OCH3 is 1. The Bertz CT molecular complexity index is 514. The Morgan fingerprint density at radius 2 is 2.06 bits per heavy atom. The fraction of sp³-hybridized carbons (Fsp3) is 0.167. The van der Waals surface area contributed by atoms with Gasteiger partial charge in [-0.2, -0.15) is 0 Å². The first-order valence-corrected chi connectivity index (χ1v) is 5.22. The molecule has 0 aliphatic heterocycles. The van der Waals surface area contributed by atoms with Crippen LogP contribution in [0.5, 0.6) is 5.75 Å². The van der Waals surface area contributed by atoms with Crippen molar-refractivity contribution in [1.29, 1.82) is 0 Å². The molecule has 0 bridgehead atoms. The van der Waals surface area contributed by atoms with E-state index in [9.17, 15) is 0 Å². The second-order valence-corrected chi connectivity index (χ2v) is 3.79. The van der Waals surface area contributed by atoms with E-state index in [0.29, 0.717) is 11.0 Å². The molecule has 0 radical (unpaired) electrons. The van der Waals surface area contributed by atoms with E-state index in [4.69, 9.17) is 16.3 Å². The third-order valence-electron chi connectivity index (χ3n) is 2.22. The van der Waals surface area contributed by atoms with Gasteiger partial charge in [-0.25, -0.2) is 9.97 Å². The molecule has 1 aromatic heterocycles. The van der Waals surface area contributed by atoms with E-state index in [-0.39, 0.29) is 0 Å². The van der Waals surface area contributed by atoms with Gasteiger partial charge >= 0.3 is 0 Å². The van der Waals surface area contributed by atoms with Crippen LogP contribution < -0.4 is 4.74 Å². The molecule has 0 saturated heterocycles. The summed E-state index contributed by atoms with van der Waals surface area (Å²) in [5.41, 5.74) is 1.97. The van der Waals surface area contributed by atoms with E-state index in [1.54, 1.807) is 19.4 Å². The summed E-state index contributed by atoms with van der Waals surface area (Å²) >= 11 is 5.83. The summed E-state index contributed by atoms with van der Waals surface area (Å²) in [7, 11) is 1.63. The van der Waals surface area contributed by atoms with Crippen LogP contribution in [0, 0.1) is 6.92 Å². The van der Waals surface area contributed by atoms with Crippen LogP contribution in [0.25, 0.3) is 11.4 Å². The molecule has 0 saturated carbocycles. The van der Waals surface area contributed by atoms with E-state index >= 15 is 0 Å². The van der Waals surface area contributed by atoms with Gasteiger partial charge in [-0.15, -0.1) is 0 Å². The minimum atomic E-state index is 0.424. The third kappa shape index (κ3) is 2.14. The molecule has 82 valence electrons. The number of rotatable bonds is 2. The third-order valence-corrected chi connectivity index (χ3v) is 2.43. The lowest BCUT2D eigenvalue weighted by molar-refractivity contribution is 0.416. The van der Waals surface area contributed by atoms with Gasteiger partial charge in [0, 0.05) is 6.20 Å². The maximum atomic E-state index is 5.83. The largest absolute Gasteiger partial charge is 0.496 e. The van der Waals surface area contributed by atoms with Gasteiger partial charge in [-0.1, -0.05) is 17.7 Å². The Balaban J connectivity index is 2.55. The molecule has 16 heavy (non-hydrogen) atoms. The number of ether oxygens (including phenoxy) is 1. The summed E-state index contributed by atoms with van der Waals surface area (Å²) in [6, 6.07) is 7.51. The topological polar surface area (TPSA) is 35.0 Å². The normalized spacial score (nSPS) is 10.2. The van der Waals surface area contributed by atoms with Crippen molar-refractivity contribution < 1.29 is 4.74 Å². The highest BCUT2D eigenvalue weighted by Crippen LogP contribution is 2.28. The quantitative estimate of drug-likeness (QED) is 0.749. The Labute approximate surface area is 99.1 Å². The first kappa shape index (κ1) is 10.9. The van der Waals surface area contributed by atoms with Crippen molar-refractivity contribution >= 4 is 11.6 Å². The van der Waals surface area contributed by atoms with Gasteiger partial charge in [0.2, 0.25) is 0 Å². The van der Waals surface area contributed by atoms with E-state index in [1.165, 1.54) is 0 Å². The Kier molecular flexibility index (Phi) is 3.06. The predicted octanol–water partition coefficient (Wildman–Crippen LogP) is 3.11. The molecule has 1 aromatic carbocycles. The summed E-state index contributed by atoms with van der Waals surface area (Å²) < 4.78 is 5.30. The summed E-state index contributed by atoms with van der Waals surface area (Å²) in [5, 5.41) is 0.424. The first-order valence-electron chi connectivity index (χ1n) is 4.84. The number of nitrogens with zero attached hydrogens (tertiary/aromatic N) is 2. The molecular formula is C12H11ClN2O. The van der Waals surface area contributed by atoms with Gasteiger partial charge in [0.15, 0.2) is 5.82 Å². The van der Waals surface area contributed by atoms with E-state index in [2.05, 4.69) is 9.97 Å². The van der Waals surface area contributed by atoms with Crippen molar-refractivity contribution in [3.63, 3.8) is 0 Å². The molecular weight excluding hydrogens is 224 g/mol. The summed E-state index contributed by atoms with van der Waals surface area (Å²) in [5.74, 6) is 1.33. The van der Waals surface area contributed by atoms with Gasteiger partial charge in [-0.05, 0) is 30.7 Å². The number of aromatic nitrogens is 2. The highest BCUT2D eigenvalue weighted by Gasteiger charge is 2.08. The molecule has 0 N–H and O–H groups in total. The Morgan fingerprint density at radius 1 is 1.25 bits per heavy atom. The fourth-order valence-corrected chi connectivity index (χ4v) is 1.59. The van der Waals surface area contributed by atoms with Crippen LogP contribution in [0.1, 0.15) is 5.56 Å². The zero-order valence-electron chi connectivity index (χ0n) is 9.07. The summed E-state index contributed by atoms with van der Waals surface area (Å²) in [6.07, 6.45) is 1.63. The molecule has 2 aromatic rings. The van der Waals surface area contributed by atoms with Gasteiger partial charge in [0.25, 0.3) is 0 Å². The zero-order chi connectivity index (χ0) is 11.5. The van der Waals surface area contributed by atoms with Crippen LogP contribution in [0.4, 0.5) is 0 Å². The number of aryl methyl sites for hydroxylation is 1. The lowest BCUT2D eigenvalue weighted by Gasteiger charge is -2.08. The molecule has 2 rings (SSSR count). The molecule has 0 unspecified atom stereocenters. The fourth-order valence-electron chi connectivity index (χ4n) is 1.45. The zero-order valence-corrected chi connectivity index (χ0v) is 9.82. The van der Waals surface area contributed by atoms with Crippen LogP contribution >= 0.6 is 11.6 Å². The lowest BCUT2D eigenvalue weighted by Crippen LogP contribution is -1.93. The molecule has 0 aliphatic carbocycles. The Hall–Kier alpha value is -1.61. The molecule has 0 amide bonds. The van der Waals surface area contributed by atoms with Crippen LogP contribution in [0.3, 0.4) is 0 Å². The highest BCUT2D eigenvalue weighted by molar-refractivity contribution is 6.29. The van der Waals surface area contributed by atoms with E-state index in [1.807, 2.05) is 25.1 Å². The molecule has 1 heterocycles. The van der Waals surface area contributed by atoms with E-state index in [0.717, 1.165) is 16.9 Å². The summed E-state index contributed by atoms with van der Waals surface area (Å²) in [6.45, 7) is 2.01. The minimum absolute atomic E-state index is 0.424. The predicted molar refractivity (Wildman–Crippen MR) is 63.8 cm³/mol. The molecule has 4 heteroatoms. The standard InChI is InChI=1S/C12H11ClN2O/c1-8-3-4-9(10(7-8)16-2)12-14-6-5-11(13)15-12/h3-7H,1-2H3. The smallest absolute Gasteiger partial charge is 0.164 e. The van der Waals surface area contributed by atoms with Crippen LogP contribution in [0.2, 0.25) is 5.15 Å². The van der Waals surface area contributed by atoms with Crippen molar-refractivity contribution in [1.82, 2.24) is 9.97 Å². The Morgan fingerprint density at radius 3 is 2.75 bits per heavy atom.